The molecule has 0 radical (unpaired) electrons. The molecule has 2 nitrogen and oxygen atoms in total. The summed E-state index contributed by atoms with van der Waals surface area (Å²) in [5, 5.41) is 3.58. The zero-order valence-corrected chi connectivity index (χ0v) is 12.5. The lowest BCUT2D eigenvalue weighted by atomic mass is 9.83. The summed E-state index contributed by atoms with van der Waals surface area (Å²) in [5.74, 6) is 2.05. The van der Waals surface area contributed by atoms with Crippen LogP contribution in [0.15, 0.2) is 29.2 Å². The molecule has 100 valence electrons. The largest absolute Gasteiger partial charge is 0.487 e. The van der Waals surface area contributed by atoms with Gasteiger partial charge in [0.05, 0.1) is 0 Å². The van der Waals surface area contributed by atoms with Gasteiger partial charge in [0.25, 0.3) is 0 Å². The number of hydrogen-bond acceptors (Lipinski definition) is 3. The SMILES string of the molecule is CCNC(C1CSc2ccccc2O1)C(C)(C)C. The number of ether oxygens (including phenoxy) is 1. The lowest BCUT2D eigenvalue weighted by Crippen LogP contribution is -2.52. The predicted octanol–water partition coefficient (Wildman–Crippen LogP) is 3.56. The molecule has 1 aliphatic heterocycles. The quantitative estimate of drug-likeness (QED) is 0.903. The normalized spacial score (nSPS) is 21.0. The summed E-state index contributed by atoms with van der Waals surface area (Å²) in [4.78, 5) is 1.26. The zero-order valence-electron chi connectivity index (χ0n) is 11.7. The Balaban J connectivity index is 2.15. The van der Waals surface area contributed by atoms with Crippen LogP contribution in [0, 0.1) is 5.41 Å². The Bertz CT molecular complexity index is 400. The van der Waals surface area contributed by atoms with Gasteiger partial charge in [-0.15, -0.1) is 11.8 Å². The third kappa shape index (κ3) is 3.01. The number of para-hydroxylation sites is 1. The fourth-order valence-electron chi connectivity index (χ4n) is 2.42. The molecule has 0 fully saturated rings. The van der Waals surface area contributed by atoms with Crippen molar-refractivity contribution in [2.24, 2.45) is 5.41 Å². The maximum atomic E-state index is 6.19. The van der Waals surface area contributed by atoms with Crippen molar-refractivity contribution in [3.8, 4) is 5.75 Å². The van der Waals surface area contributed by atoms with Crippen molar-refractivity contribution in [2.75, 3.05) is 12.3 Å². The maximum absolute atomic E-state index is 6.19. The average molecular weight is 265 g/mol. The molecule has 0 aliphatic carbocycles. The summed E-state index contributed by atoms with van der Waals surface area (Å²) in [7, 11) is 0. The number of benzene rings is 1. The summed E-state index contributed by atoms with van der Waals surface area (Å²) in [6, 6.07) is 8.70. The Labute approximate surface area is 114 Å². The van der Waals surface area contributed by atoms with E-state index in [9.17, 15) is 0 Å². The van der Waals surface area contributed by atoms with Gasteiger partial charge in [0, 0.05) is 16.7 Å². The topological polar surface area (TPSA) is 21.3 Å². The van der Waals surface area contributed by atoms with Crippen LogP contribution in [0.2, 0.25) is 0 Å². The van der Waals surface area contributed by atoms with E-state index in [1.54, 1.807) is 0 Å². The van der Waals surface area contributed by atoms with Crippen molar-refractivity contribution in [3.63, 3.8) is 0 Å². The molecule has 0 amide bonds. The van der Waals surface area contributed by atoms with E-state index in [1.165, 1.54) is 4.90 Å². The molecule has 1 heterocycles. The van der Waals surface area contributed by atoms with E-state index in [4.69, 9.17) is 4.74 Å². The van der Waals surface area contributed by atoms with Crippen LogP contribution in [0.25, 0.3) is 0 Å². The van der Waals surface area contributed by atoms with Gasteiger partial charge >= 0.3 is 0 Å². The zero-order chi connectivity index (χ0) is 13.2. The maximum Gasteiger partial charge on any atom is 0.133 e. The third-order valence-corrected chi connectivity index (χ3v) is 4.40. The number of thioether (sulfide) groups is 1. The number of likely N-dealkylation sites (N-methyl/N-ethyl adjacent to an activating group) is 1. The average Bonchev–Trinajstić information content (AvgIpc) is 2.34. The van der Waals surface area contributed by atoms with Gasteiger partial charge in [0.2, 0.25) is 0 Å². The molecule has 0 spiro atoms. The third-order valence-electron chi connectivity index (χ3n) is 3.26. The molecule has 18 heavy (non-hydrogen) atoms. The molecule has 1 N–H and O–H groups in total. The van der Waals surface area contributed by atoms with Gasteiger partial charge in [0.1, 0.15) is 11.9 Å². The van der Waals surface area contributed by atoms with Crippen LogP contribution in [0.3, 0.4) is 0 Å². The van der Waals surface area contributed by atoms with E-state index in [0.717, 1.165) is 18.0 Å². The van der Waals surface area contributed by atoms with Gasteiger partial charge in [0.15, 0.2) is 0 Å². The van der Waals surface area contributed by atoms with Gasteiger partial charge in [-0.25, -0.2) is 0 Å². The van der Waals surface area contributed by atoms with Crippen LogP contribution in [-0.2, 0) is 0 Å². The molecule has 0 bridgehead atoms. The summed E-state index contributed by atoms with van der Waals surface area (Å²) in [6.45, 7) is 9.95. The second kappa shape index (κ2) is 5.54. The van der Waals surface area contributed by atoms with Crippen molar-refractivity contribution in [3.05, 3.63) is 24.3 Å². The molecule has 2 atom stereocenters. The molecule has 2 unspecified atom stereocenters. The molecule has 0 saturated heterocycles. The Morgan fingerprint density at radius 3 is 2.78 bits per heavy atom. The van der Waals surface area contributed by atoms with Crippen molar-refractivity contribution in [2.45, 2.75) is 44.7 Å². The van der Waals surface area contributed by atoms with Crippen molar-refractivity contribution in [1.29, 1.82) is 0 Å². The number of fused-ring (bicyclic) bond motifs is 1. The first-order valence-corrected chi connectivity index (χ1v) is 7.63. The molecule has 2 rings (SSSR count). The van der Waals surface area contributed by atoms with E-state index >= 15 is 0 Å². The molecule has 1 aliphatic rings. The monoisotopic (exact) mass is 265 g/mol. The standard InChI is InChI=1S/C15H23NOS/c1-5-16-14(15(2,3)4)12-10-18-13-9-7-6-8-11(13)17-12/h6-9,12,14,16H,5,10H2,1-4H3. The van der Waals surface area contributed by atoms with Gasteiger partial charge in [-0.2, -0.15) is 0 Å². The molecule has 3 heteroatoms. The fraction of sp³-hybridized carbons (Fsp3) is 0.600. The van der Waals surface area contributed by atoms with Crippen LogP contribution in [-0.4, -0.2) is 24.4 Å². The van der Waals surface area contributed by atoms with Crippen LogP contribution in [0.1, 0.15) is 27.7 Å². The van der Waals surface area contributed by atoms with Gasteiger partial charge < -0.3 is 10.1 Å². The Kier molecular flexibility index (Phi) is 4.23. The van der Waals surface area contributed by atoms with Crippen LogP contribution in [0.4, 0.5) is 0 Å². The highest BCUT2D eigenvalue weighted by Gasteiger charge is 2.35. The number of hydrogen-bond donors (Lipinski definition) is 1. The molecule has 0 aromatic heterocycles. The van der Waals surface area contributed by atoms with Gasteiger partial charge in [-0.3, -0.25) is 0 Å². The summed E-state index contributed by atoms with van der Waals surface area (Å²) >= 11 is 1.90. The van der Waals surface area contributed by atoms with Crippen molar-refractivity contribution < 1.29 is 4.74 Å². The van der Waals surface area contributed by atoms with Crippen LogP contribution < -0.4 is 10.1 Å². The summed E-state index contributed by atoms with van der Waals surface area (Å²) < 4.78 is 6.19. The summed E-state index contributed by atoms with van der Waals surface area (Å²) in [5.41, 5.74) is 0.202. The highest BCUT2D eigenvalue weighted by atomic mass is 32.2. The van der Waals surface area contributed by atoms with Gasteiger partial charge in [-0.1, -0.05) is 39.8 Å². The highest BCUT2D eigenvalue weighted by Crippen LogP contribution is 2.38. The second-order valence-corrected chi connectivity index (χ2v) is 6.88. The van der Waals surface area contributed by atoms with E-state index in [2.05, 4.69) is 51.2 Å². The minimum atomic E-state index is 0.202. The van der Waals surface area contributed by atoms with Crippen molar-refractivity contribution in [1.82, 2.24) is 5.32 Å². The van der Waals surface area contributed by atoms with E-state index in [0.29, 0.717) is 6.04 Å². The highest BCUT2D eigenvalue weighted by molar-refractivity contribution is 7.99. The molecular weight excluding hydrogens is 242 g/mol. The first-order chi connectivity index (χ1) is 8.52. The van der Waals surface area contributed by atoms with Gasteiger partial charge in [-0.05, 0) is 24.1 Å². The lowest BCUT2D eigenvalue weighted by molar-refractivity contribution is 0.103. The van der Waals surface area contributed by atoms with E-state index in [-0.39, 0.29) is 11.5 Å². The Morgan fingerprint density at radius 2 is 2.11 bits per heavy atom. The first kappa shape index (κ1) is 13.8. The molecule has 1 aromatic rings. The second-order valence-electron chi connectivity index (χ2n) is 5.82. The number of nitrogens with one attached hydrogen (secondary N) is 1. The smallest absolute Gasteiger partial charge is 0.133 e. The minimum Gasteiger partial charge on any atom is -0.487 e. The molecule has 0 saturated carbocycles. The Hall–Kier alpha value is -0.670. The van der Waals surface area contributed by atoms with Crippen LogP contribution >= 0.6 is 11.8 Å². The Morgan fingerprint density at radius 1 is 1.39 bits per heavy atom. The molecule has 1 aromatic carbocycles. The first-order valence-electron chi connectivity index (χ1n) is 6.64. The van der Waals surface area contributed by atoms with Crippen LogP contribution in [0.5, 0.6) is 5.75 Å². The minimum absolute atomic E-state index is 0.202. The predicted molar refractivity (Wildman–Crippen MR) is 78.5 cm³/mol. The lowest BCUT2D eigenvalue weighted by Gasteiger charge is -2.39. The van der Waals surface area contributed by atoms with E-state index < -0.39 is 0 Å². The van der Waals surface area contributed by atoms with Crippen molar-refractivity contribution >= 4 is 11.8 Å². The summed E-state index contributed by atoms with van der Waals surface area (Å²) in [6.07, 6.45) is 0.241. The van der Waals surface area contributed by atoms with E-state index in [1.807, 2.05) is 17.8 Å². The fourth-order valence-corrected chi connectivity index (χ4v) is 3.45. The number of rotatable bonds is 3. The molecular formula is C15H23NOS.